The van der Waals surface area contributed by atoms with Gasteiger partial charge in [-0.05, 0) is 24.6 Å². The van der Waals surface area contributed by atoms with Crippen molar-refractivity contribution in [3.63, 3.8) is 0 Å². The van der Waals surface area contributed by atoms with E-state index in [9.17, 15) is 12.8 Å². The van der Waals surface area contributed by atoms with E-state index in [-0.39, 0.29) is 10.5 Å². The van der Waals surface area contributed by atoms with E-state index in [1.807, 2.05) is 6.92 Å². The molecule has 0 heterocycles. The Balaban J connectivity index is 3.10. The molecule has 0 amide bonds. The Hall–Kier alpha value is -1.45. The highest BCUT2D eigenvalue weighted by Gasteiger charge is 2.21. The summed E-state index contributed by atoms with van der Waals surface area (Å²) in [6.45, 7) is 2.37. The van der Waals surface area contributed by atoms with Crippen molar-refractivity contribution >= 4 is 10.0 Å². The lowest BCUT2D eigenvalue weighted by atomic mass is 10.2. The summed E-state index contributed by atoms with van der Waals surface area (Å²) >= 11 is 0. The van der Waals surface area contributed by atoms with Gasteiger partial charge in [0.2, 0.25) is 10.0 Å². The van der Waals surface area contributed by atoms with Crippen LogP contribution in [0.4, 0.5) is 4.39 Å². The summed E-state index contributed by atoms with van der Waals surface area (Å²) < 4.78 is 38.6. The van der Waals surface area contributed by atoms with Crippen LogP contribution in [0.25, 0.3) is 0 Å². The maximum atomic E-state index is 13.1. The summed E-state index contributed by atoms with van der Waals surface area (Å²) in [4.78, 5) is -0.0564. The van der Waals surface area contributed by atoms with E-state index >= 15 is 0 Å². The lowest BCUT2D eigenvalue weighted by molar-refractivity contribution is 0.459. The first kappa shape index (κ1) is 14.6. The van der Waals surface area contributed by atoms with E-state index in [1.54, 1.807) is 6.07 Å². The van der Waals surface area contributed by atoms with Gasteiger partial charge in [0.15, 0.2) is 0 Å². The highest BCUT2D eigenvalue weighted by atomic mass is 32.2. The number of benzene rings is 1. The highest BCUT2D eigenvalue weighted by molar-refractivity contribution is 7.89. The first-order valence-corrected chi connectivity index (χ1v) is 7.03. The molecule has 0 N–H and O–H groups in total. The molecule has 0 bridgehead atoms. The van der Waals surface area contributed by atoms with Gasteiger partial charge in [-0.3, -0.25) is 0 Å². The molecule has 98 valence electrons. The number of hydrogen-bond donors (Lipinski definition) is 0. The SMILES string of the molecule is CCCCN(C)S(=O)(=O)c1ccc(F)c(C#N)c1. The lowest BCUT2D eigenvalue weighted by Crippen LogP contribution is -2.28. The molecule has 0 saturated heterocycles. The number of nitriles is 1. The molecule has 0 aromatic heterocycles. The number of rotatable bonds is 5. The molecule has 4 nitrogen and oxygen atoms in total. The van der Waals surface area contributed by atoms with Gasteiger partial charge in [-0.25, -0.2) is 17.1 Å². The maximum Gasteiger partial charge on any atom is 0.242 e. The molecule has 0 aliphatic heterocycles. The van der Waals surface area contributed by atoms with Crippen molar-refractivity contribution in [2.45, 2.75) is 24.7 Å². The third-order valence-electron chi connectivity index (χ3n) is 2.59. The molecule has 1 aromatic rings. The summed E-state index contributed by atoms with van der Waals surface area (Å²) in [6, 6.07) is 4.87. The summed E-state index contributed by atoms with van der Waals surface area (Å²) in [5.74, 6) is -0.715. The minimum absolute atomic E-state index is 0.0564. The van der Waals surface area contributed by atoms with Crippen molar-refractivity contribution < 1.29 is 12.8 Å². The molecule has 0 fully saturated rings. The van der Waals surface area contributed by atoms with Crippen LogP contribution in [-0.4, -0.2) is 26.3 Å². The van der Waals surface area contributed by atoms with Crippen LogP contribution in [0.5, 0.6) is 0 Å². The van der Waals surface area contributed by atoms with Gasteiger partial charge in [0.1, 0.15) is 11.9 Å². The Morgan fingerprint density at radius 2 is 2.11 bits per heavy atom. The first-order chi connectivity index (χ1) is 8.43. The smallest absolute Gasteiger partial charge is 0.207 e. The summed E-state index contributed by atoms with van der Waals surface area (Å²) in [6.07, 6.45) is 1.63. The number of unbranched alkanes of at least 4 members (excludes halogenated alkanes) is 1. The predicted octanol–water partition coefficient (Wildman–Crippen LogP) is 2.12. The Morgan fingerprint density at radius 1 is 1.44 bits per heavy atom. The molecule has 18 heavy (non-hydrogen) atoms. The Kier molecular flexibility index (Phi) is 4.82. The monoisotopic (exact) mass is 270 g/mol. The topological polar surface area (TPSA) is 61.2 Å². The van der Waals surface area contributed by atoms with Crippen LogP contribution < -0.4 is 0 Å². The molecule has 0 radical (unpaired) electrons. The van der Waals surface area contributed by atoms with Crippen LogP contribution in [0, 0.1) is 17.1 Å². The van der Waals surface area contributed by atoms with Crippen molar-refractivity contribution in [2.24, 2.45) is 0 Å². The molecule has 6 heteroatoms. The molecule has 1 rings (SSSR count). The van der Waals surface area contributed by atoms with Crippen LogP contribution in [0.3, 0.4) is 0 Å². The van der Waals surface area contributed by atoms with Gasteiger partial charge in [-0.2, -0.15) is 5.26 Å². The van der Waals surface area contributed by atoms with E-state index < -0.39 is 15.8 Å². The summed E-state index contributed by atoms with van der Waals surface area (Å²) in [7, 11) is -2.17. The zero-order valence-corrected chi connectivity index (χ0v) is 11.2. The second-order valence-corrected chi connectivity index (χ2v) is 5.98. The minimum Gasteiger partial charge on any atom is -0.207 e. The molecule has 0 atom stereocenters. The normalized spacial score (nSPS) is 11.5. The average Bonchev–Trinajstić information content (AvgIpc) is 2.36. The molecular weight excluding hydrogens is 255 g/mol. The highest BCUT2D eigenvalue weighted by Crippen LogP contribution is 2.18. The molecule has 0 aliphatic rings. The fourth-order valence-electron chi connectivity index (χ4n) is 1.43. The Bertz CT molecular complexity index is 564. The van der Waals surface area contributed by atoms with E-state index in [2.05, 4.69) is 0 Å². The van der Waals surface area contributed by atoms with Crippen molar-refractivity contribution in [2.75, 3.05) is 13.6 Å². The summed E-state index contributed by atoms with van der Waals surface area (Å²) in [5.41, 5.74) is -0.264. The fourth-order valence-corrected chi connectivity index (χ4v) is 2.67. The first-order valence-electron chi connectivity index (χ1n) is 5.59. The second kappa shape index (κ2) is 5.94. The Labute approximate surface area is 107 Å². The van der Waals surface area contributed by atoms with E-state index in [0.717, 1.165) is 25.0 Å². The number of halogens is 1. The second-order valence-electron chi connectivity index (χ2n) is 3.93. The van der Waals surface area contributed by atoms with Gasteiger partial charge < -0.3 is 0 Å². The van der Waals surface area contributed by atoms with Gasteiger partial charge in [0.25, 0.3) is 0 Å². The lowest BCUT2D eigenvalue weighted by Gasteiger charge is -2.16. The average molecular weight is 270 g/mol. The van der Waals surface area contributed by atoms with Gasteiger partial charge >= 0.3 is 0 Å². The molecule has 0 spiro atoms. The molecule has 1 aromatic carbocycles. The van der Waals surface area contributed by atoms with Crippen LogP contribution >= 0.6 is 0 Å². The van der Waals surface area contributed by atoms with Gasteiger partial charge in [-0.15, -0.1) is 0 Å². The molecular formula is C12H15FN2O2S. The number of hydrogen-bond acceptors (Lipinski definition) is 3. The van der Waals surface area contributed by atoms with E-state index in [1.165, 1.54) is 17.4 Å². The number of sulfonamides is 1. The molecule has 0 saturated carbocycles. The molecule has 0 unspecified atom stereocenters. The fraction of sp³-hybridized carbons (Fsp3) is 0.417. The van der Waals surface area contributed by atoms with Crippen molar-refractivity contribution in [3.8, 4) is 6.07 Å². The van der Waals surface area contributed by atoms with Crippen molar-refractivity contribution in [1.82, 2.24) is 4.31 Å². The van der Waals surface area contributed by atoms with Gasteiger partial charge in [-0.1, -0.05) is 13.3 Å². The van der Waals surface area contributed by atoms with Gasteiger partial charge in [0.05, 0.1) is 10.5 Å². The predicted molar refractivity (Wildman–Crippen MR) is 65.8 cm³/mol. The van der Waals surface area contributed by atoms with Crippen LogP contribution in [0.15, 0.2) is 23.1 Å². The third kappa shape index (κ3) is 3.06. The van der Waals surface area contributed by atoms with E-state index in [0.29, 0.717) is 6.54 Å². The van der Waals surface area contributed by atoms with E-state index in [4.69, 9.17) is 5.26 Å². The maximum absolute atomic E-state index is 13.1. The van der Waals surface area contributed by atoms with Crippen molar-refractivity contribution in [3.05, 3.63) is 29.6 Å². The zero-order chi connectivity index (χ0) is 13.8. The quantitative estimate of drug-likeness (QED) is 0.823. The minimum atomic E-state index is -3.65. The standard InChI is InChI=1S/C12H15FN2O2S/c1-3-4-7-15(2)18(16,17)11-5-6-12(13)10(8-11)9-14/h5-6,8H,3-4,7H2,1-2H3. The Morgan fingerprint density at radius 3 is 2.67 bits per heavy atom. The van der Waals surface area contributed by atoms with Crippen LogP contribution in [-0.2, 0) is 10.0 Å². The van der Waals surface area contributed by atoms with Crippen LogP contribution in [0.1, 0.15) is 25.3 Å². The summed E-state index contributed by atoms with van der Waals surface area (Å²) in [5, 5.41) is 8.69. The van der Waals surface area contributed by atoms with Crippen LogP contribution in [0.2, 0.25) is 0 Å². The van der Waals surface area contributed by atoms with Gasteiger partial charge in [0, 0.05) is 13.6 Å². The zero-order valence-electron chi connectivity index (χ0n) is 10.4. The van der Waals surface area contributed by atoms with Crippen molar-refractivity contribution in [1.29, 1.82) is 5.26 Å². The molecule has 0 aliphatic carbocycles. The third-order valence-corrected chi connectivity index (χ3v) is 4.45. The largest absolute Gasteiger partial charge is 0.242 e. The number of nitrogens with zero attached hydrogens (tertiary/aromatic N) is 2.